The number of pyridine rings is 1. The fraction of sp³-hybridized carbons (Fsp3) is 0.400. The maximum atomic E-state index is 6.25. The molecule has 6 rings (SSSR count). The lowest BCUT2D eigenvalue weighted by molar-refractivity contribution is 0.148. The van der Waals surface area contributed by atoms with Crippen LogP contribution in [0.1, 0.15) is 37.7 Å². The van der Waals surface area contributed by atoms with Crippen LogP contribution in [0.5, 0.6) is 11.5 Å². The standard InChI is InChI=1S/C30H35N5OS/c1-34-15-17-35(18-16-34)21-22-7-9-23(10-8-22)28-19-26(13-14-31-28)36-25-11-12-27-29(20-25)37-30(33-27)32-24-5-3-2-4-6-24/h7-14,19-20,24H,2-6,15-18,21H2,1H3,(H,32,33). The third kappa shape index (κ3) is 6.12. The summed E-state index contributed by atoms with van der Waals surface area (Å²) in [6.45, 7) is 5.55. The first kappa shape index (κ1) is 24.3. The largest absolute Gasteiger partial charge is 0.457 e. The van der Waals surface area contributed by atoms with E-state index in [4.69, 9.17) is 9.72 Å². The topological polar surface area (TPSA) is 53.5 Å². The normalized spacial score (nSPS) is 17.8. The molecule has 1 aliphatic heterocycles. The van der Waals surface area contributed by atoms with Crippen LogP contribution in [0.15, 0.2) is 60.8 Å². The Labute approximate surface area is 223 Å². The lowest BCUT2D eigenvalue weighted by Crippen LogP contribution is -2.43. The number of likely N-dealkylation sites (N-methyl/N-ethyl adjacent to an activating group) is 1. The van der Waals surface area contributed by atoms with Crippen LogP contribution in [0.25, 0.3) is 21.5 Å². The lowest BCUT2D eigenvalue weighted by Gasteiger charge is -2.32. The molecule has 0 amide bonds. The molecule has 0 bridgehead atoms. The molecule has 2 aromatic heterocycles. The van der Waals surface area contributed by atoms with Gasteiger partial charge in [0.15, 0.2) is 5.13 Å². The molecule has 1 saturated heterocycles. The summed E-state index contributed by atoms with van der Waals surface area (Å²) in [5.41, 5.74) is 4.38. The highest BCUT2D eigenvalue weighted by Gasteiger charge is 2.16. The van der Waals surface area contributed by atoms with Gasteiger partial charge in [0.1, 0.15) is 11.5 Å². The van der Waals surface area contributed by atoms with Crippen molar-refractivity contribution in [2.75, 3.05) is 38.5 Å². The number of hydrogen-bond donors (Lipinski definition) is 1. The number of nitrogens with one attached hydrogen (secondary N) is 1. The molecule has 1 aliphatic carbocycles. The first-order valence-corrected chi connectivity index (χ1v) is 14.3. The Hall–Kier alpha value is -3.00. The molecule has 1 N–H and O–H groups in total. The summed E-state index contributed by atoms with van der Waals surface area (Å²) < 4.78 is 7.39. The summed E-state index contributed by atoms with van der Waals surface area (Å²) in [7, 11) is 2.20. The van der Waals surface area contributed by atoms with Crippen molar-refractivity contribution >= 4 is 26.7 Å². The van der Waals surface area contributed by atoms with Gasteiger partial charge in [-0.15, -0.1) is 0 Å². The second-order valence-corrected chi connectivity index (χ2v) is 11.4. The fourth-order valence-corrected chi connectivity index (χ4v) is 6.24. The third-order valence-corrected chi connectivity index (χ3v) is 8.46. The molecule has 2 aromatic carbocycles. The summed E-state index contributed by atoms with van der Waals surface area (Å²) in [6.07, 6.45) is 8.30. The van der Waals surface area contributed by atoms with Crippen molar-refractivity contribution in [2.24, 2.45) is 0 Å². The van der Waals surface area contributed by atoms with Crippen molar-refractivity contribution in [3.05, 3.63) is 66.4 Å². The van der Waals surface area contributed by atoms with E-state index < -0.39 is 0 Å². The number of fused-ring (bicyclic) bond motifs is 1. The first-order chi connectivity index (χ1) is 18.2. The van der Waals surface area contributed by atoms with Gasteiger partial charge in [0.2, 0.25) is 0 Å². The lowest BCUT2D eigenvalue weighted by atomic mass is 9.96. The van der Waals surface area contributed by atoms with Gasteiger partial charge in [0.25, 0.3) is 0 Å². The molecule has 0 unspecified atom stereocenters. The zero-order valence-electron chi connectivity index (χ0n) is 21.5. The predicted molar refractivity (Wildman–Crippen MR) is 153 cm³/mol. The zero-order chi connectivity index (χ0) is 25.0. The molecule has 0 atom stereocenters. The number of piperazine rings is 1. The van der Waals surface area contributed by atoms with Crippen LogP contribution in [-0.2, 0) is 6.54 Å². The van der Waals surface area contributed by atoms with E-state index in [9.17, 15) is 0 Å². The number of rotatable bonds is 7. The highest BCUT2D eigenvalue weighted by atomic mass is 32.1. The van der Waals surface area contributed by atoms with Crippen LogP contribution >= 0.6 is 11.3 Å². The van der Waals surface area contributed by atoms with Gasteiger partial charge in [-0.05, 0) is 43.7 Å². The Morgan fingerprint density at radius 2 is 1.70 bits per heavy atom. The molecule has 192 valence electrons. The molecule has 1 saturated carbocycles. The van der Waals surface area contributed by atoms with Crippen LogP contribution in [0.3, 0.4) is 0 Å². The van der Waals surface area contributed by atoms with Crippen molar-refractivity contribution in [3.63, 3.8) is 0 Å². The molecule has 7 heteroatoms. The smallest absolute Gasteiger partial charge is 0.184 e. The van der Waals surface area contributed by atoms with Gasteiger partial charge in [0.05, 0.1) is 15.9 Å². The van der Waals surface area contributed by atoms with Crippen molar-refractivity contribution in [1.82, 2.24) is 19.8 Å². The molecule has 0 radical (unpaired) electrons. The first-order valence-electron chi connectivity index (χ1n) is 13.5. The van der Waals surface area contributed by atoms with E-state index in [-0.39, 0.29) is 0 Å². The Bertz CT molecular complexity index is 1320. The average molecular weight is 514 g/mol. The minimum Gasteiger partial charge on any atom is -0.457 e. The number of aromatic nitrogens is 2. The highest BCUT2D eigenvalue weighted by Crippen LogP contribution is 2.33. The monoisotopic (exact) mass is 513 g/mol. The summed E-state index contributed by atoms with van der Waals surface area (Å²) in [5.74, 6) is 1.61. The van der Waals surface area contributed by atoms with Crippen LogP contribution < -0.4 is 10.1 Å². The Morgan fingerprint density at radius 1 is 0.919 bits per heavy atom. The van der Waals surface area contributed by atoms with Crippen molar-refractivity contribution in [1.29, 1.82) is 0 Å². The van der Waals surface area contributed by atoms with E-state index in [2.05, 4.69) is 63.5 Å². The van der Waals surface area contributed by atoms with Crippen LogP contribution in [0, 0.1) is 0 Å². The molecular formula is C30H35N5OS. The number of thiazole rings is 1. The van der Waals surface area contributed by atoms with Gasteiger partial charge in [-0.25, -0.2) is 4.98 Å². The van der Waals surface area contributed by atoms with Crippen molar-refractivity contribution < 1.29 is 4.74 Å². The fourth-order valence-electron chi connectivity index (χ4n) is 5.27. The molecule has 2 fully saturated rings. The minimum absolute atomic E-state index is 0.557. The van der Waals surface area contributed by atoms with Crippen LogP contribution in [0.2, 0.25) is 0 Å². The van der Waals surface area contributed by atoms with Gasteiger partial charge in [-0.1, -0.05) is 54.9 Å². The second kappa shape index (κ2) is 11.2. The van der Waals surface area contributed by atoms with Gasteiger partial charge in [-0.2, -0.15) is 0 Å². The summed E-state index contributed by atoms with van der Waals surface area (Å²) >= 11 is 1.71. The molecule has 37 heavy (non-hydrogen) atoms. The van der Waals surface area contributed by atoms with Gasteiger partial charge >= 0.3 is 0 Å². The predicted octanol–water partition coefficient (Wildman–Crippen LogP) is 6.64. The van der Waals surface area contributed by atoms with Gasteiger partial charge in [0, 0.05) is 62.7 Å². The average Bonchev–Trinajstić information content (AvgIpc) is 3.33. The van der Waals surface area contributed by atoms with E-state index in [0.717, 1.165) is 70.8 Å². The highest BCUT2D eigenvalue weighted by molar-refractivity contribution is 7.22. The maximum absolute atomic E-state index is 6.25. The Morgan fingerprint density at radius 3 is 2.51 bits per heavy atom. The molecule has 3 heterocycles. The number of ether oxygens (including phenoxy) is 1. The summed E-state index contributed by atoms with van der Waals surface area (Å²) in [5, 5.41) is 4.66. The maximum Gasteiger partial charge on any atom is 0.184 e. The van der Waals surface area contributed by atoms with Crippen molar-refractivity contribution in [2.45, 2.75) is 44.7 Å². The molecular weight excluding hydrogens is 478 g/mol. The number of hydrogen-bond acceptors (Lipinski definition) is 7. The zero-order valence-corrected chi connectivity index (χ0v) is 22.3. The number of anilines is 1. The number of benzene rings is 2. The van der Waals surface area contributed by atoms with Crippen molar-refractivity contribution in [3.8, 4) is 22.8 Å². The summed E-state index contributed by atoms with van der Waals surface area (Å²) in [4.78, 5) is 14.3. The summed E-state index contributed by atoms with van der Waals surface area (Å²) in [6, 6.07) is 19.4. The second-order valence-electron chi connectivity index (χ2n) is 10.4. The molecule has 4 aromatic rings. The molecule has 0 spiro atoms. The SMILES string of the molecule is CN1CCN(Cc2ccc(-c3cc(Oc4ccc5nc(NC6CCCCC6)sc5c4)ccn3)cc2)CC1. The minimum atomic E-state index is 0.557. The van der Waals surface area contributed by atoms with E-state index in [1.807, 2.05) is 24.4 Å². The van der Waals surface area contributed by atoms with Crippen LogP contribution in [0.4, 0.5) is 5.13 Å². The van der Waals surface area contributed by atoms with E-state index in [1.54, 1.807) is 11.3 Å². The van der Waals surface area contributed by atoms with E-state index in [1.165, 1.54) is 37.7 Å². The quantitative estimate of drug-likeness (QED) is 0.299. The van der Waals surface area contributed by atoms with Crippen LogP contribution in [-0.4, -0.2) is 59.0 Å². The van der Waals surface area contributed by atoms with E-state index >= 15 is 0 Å². The Kier molecular flexibility index (Phi) is 7.35. The van der Waals surface area contributed by atoms with Gasteiger partial charge < -0.3 is 15.0 Å². The molecule has 6 nitrogen and oxygen atoms in total. The Balaban J connectivity index is 1.11. The molecule has 2 aliphatic rings. The third-order valence-electron chi connectivity index (χ3n) is 7.51. The van der Waals surface area contributed by atoms with E-state index in [0.29, 0.717) is 6.04 Å². The number of nitrogens with zero attached hydrogens (tertiary/aromatic N) is 4. The van der Waals surface area contributed by atoms with Gasteiger partial charge in [-0.3, -0.25) is 9.88 Å².